The molecule has 1 amide bonds. The highest BCUT2D eigenvalue weighted by molar-refractivity contribution is 6.03. The van der Waals surface area contributed by atoms with E-state index in [1.807, 2.05) is 0 Å². The lowest BCUT2D eigenvalue weighted by molar-refractivity contribution is 0.102. The van der Waals surface area contributed by atoms with Crippen LogP contribution in [0.1, 0.15) is 10.4 Å². The molecule has 3 N–H and O–H groups in total. The van der Waals surface area contributed by atoms with Crippen LogP contribution in [-0.4, -0.2) is 33.9 Å². The molecule has 0 unspecified atom stereocenters. The lowest BCUT2D eigenvalue weighted by Crippen LogP contribution is -2.29. The molecule has 3 rings (SSSR count). The molecule has 0 aromatic carbocycles. The van der Waals surface area contributed by atoms with Crippen molar-refractivity contribution in [3.63, 3.8) is 0 Å². The van der Waals surface area contributed by atoms with Crippen LogP contribution in [0.25, 0.3) is 0 Å². The number of ether oxygens (including phenoxy) is 2. The highest BCUT2D eigenvalue weighted by Crippen LogP contribution is 2.21. The number of rotatable bonds is 6. The first-order valence-corrected chi connectivity index (χ1v) is 7.91. The molecular formula is C18H15FN6O3. The van der Waals surface area contributed by atoms with E-state index >= 15 is 0 Å². The minimum absolute atomic E-state index is 0.0667. The van der Waals surface area contributed by atoms with E-state index in [0.717, 1.165) is 23.2 Å². The van der Waals surface area contributed by atoms with Crippen LogP contribution in [0.5, 0.6) is 17.2 Å². The fraction of sp³-hybridized carbons (Fsp3) is 0.0556. The fourth-order valence-corrected chi connectivity index (χ4v) is 2.26. The van der Waals surface area contributed by atoms with E-state index in [-0.39, 0.29) is 28.4 Å². The van der Waals surface area contributed by atoms with Crippen molar-refractivity contribution in [3.8, 4) is 17.2 Å². The van der Waals surface area contributed by atoms with E-state index in [0.29, 0.717) is 5.75 Å². The summed E-state index contributed by atoms with van der Waals surface area (Å²) < 4.78 is 24.9. The molecule has 10 heteroatoms. The van der Waals surface area contributed by atoms with Gasteiger partial charge in [0.25, 0.3) is 5.91 Å². The van der Waals surface area contributed by atoms with E-state index in [2.05, 4.69) is 15.3 Å². The molecule has 0 atom stereocenters. The summed E-state index contributed by atoms with van der Waals surface area (Å²) in [5.74, 6) is -0.191. The summed E-state index contributed by atoms with van der Waals surface area (Å²) in [7, 11) is 1.50. The number of anilines is 1. The van der Waals surface area contributed by atoms with Crippen molar-refractivity contribution in [3.05, 3.63) is 65.9 Å². The SMILES string of the molecule is COc1ccc(NC(=O)c2cc(Oc3cncc(F)c3)cn(C=N)c2=N)nc1. The van der Waals surface area contributed by atoms with Crippen molar-refractivity contribution < 1.29 is 18.7 Å². The van der Waals surface area contributed by atoms with Gasteiger partial charge in [0.05, 0.1) is 43.8 Å². The molecule has 0 bridgehead atoms. The highest BCUT2D eigenvalue weighted by atomic mass is 19.1. The number of halogens is 1. The fourth-order valence-electron chi connectivity index (χ4n) is 2.26. The number of hydrogen-bond acceptors (Lipinski definition) is 7. The smallest absolute Gasteiger partial charge is 0.260 e. The standard InChI is InChI=1S/C18H15FN6O3/c1-27-12-2-3-16(23-8-12)24-18(26)15-5-14(9-25(10-20)17(15)21)28-13-4-11(19)6-22-7-13/h2-10,20-21H,1H3,(H,23,24,26). The normalized spacial score (nSPS) is 10.2. The lowest BCUT2D eigenvalue weighted by Gasteiger charge is -2.11. The van der Waals surface area contributed by atoms with Gasteiger partial charge in [0, 0.05) is 6.07 Å². The quantitative estimate of drug-likeness (QED) is 0.446. The molecule has 0 aliphatic rings. The summed E-state index contributed by atoms with van der Waals surface area (Å²) in [6.07, 6.45) is 5.93. The number of carbonyl (C=O) groups excluding carboxylic acids is 1. The molecule has 0 spiro atoms. The Bertz CT molecular complexity index is 1080. The maximum atomic E-state index is 13.3. The van der Waals surface area contributed by atoms with E-state index in [1.165, 1.54) is 31.8 Å². The van der Waals surface area contributed by atoms with E-state index < -0.39 is 11.7 Å². The molecular weight excluding hydrogens is 367 g/mol. The molecule has 3 heterocycles. The van der Waals surface area contributed by atoms with Gasteiger partial charge in [0.1, 0.15) is 34.4 Å². The molecule has 28 heavy (non-hydrogen) atoms. The zero-order valence-electron chi connectivity index (χ0n) is 14.6. The van der Waals surface area contributed by atoms with Crippen LogP contribution in [0.4, 0.5) is 10.2 Å². The van der Waals surface area contributed by atoms with Crippen molar-refractivity contribution in [2.45, 2.75) is 0 Å². The van der Waals surface area contributed by atoms with Crippen LogP contribution < -0.4 is 20.3 Å². The topological polar surface area (TPSA) is 126 Å². The Morgan fingerprint density at radius 3 is 2.68 bits per heavy atom. The van der Waals surface area contributed by atoms with Crippen molar-refractivity contribution >= 4 is 18.1 Å². The predicted molar refractivity (Wildman–Crippen MR) is 97.5 cm³/mol. The number of nitrogens with zero attached hydrogens (tertiary/aromatic N) is 3. The molecule has 3 aromatic heterocycles. The van der Waals surface area contributed by atoms with Crippen LogP contribution in [0.15, 0.2) is 49.1 Å². The molecule has 0 aliphatic heterocycles. The first-order valence-electron chi connectivity index (χ1n) is 7.91. The maximum absolute atomic E-state index is 13.3. The van der Waals surface area contributed by atoms with Gasteiger partial charge in [-0.2, -0.15) is 0 Å². The third-order valence-electron chi connectivity index (χ3n) is 3.58. The van der Waals surface area contributed by atoms with Crippen molar-refractivity contribution in [2.75, 3.05) is 12.4 Å². The zero-order valence-corrected chi connectivity index (χ0v) is 14.6. The Morgan fingerprint density at radius 1 is 1.21 bits per heavy atom. The second-order valence-corrected chi connectivity index (χ2v) is 5.45. The summed E-state index contributed by atoms with van der Waals surface area (Å²) in [4.78, 5) is 20.3. The highest BCUT2D eigenvalue weighted by Gasteiger charge is 2.14. The Kier molecular flexibility index (Phi) is 5.40. The zero-order chi connectivity index (χ0) is 20.1. The van der Waals surface area contributed by atoms with Crippen molar-refractivity contribution in [1.29, 1.82) is 10.8 Å². The monoisotopic (exact) mass is 382 g/mol. The number of aromatic nitrogens is 3. The largest absolute Gasteiger partial charge is 0.495 e. The van der Waals surface area contributed by atoms with Gasteiger partial charge in [-0.05, 0) is 18.2 Å². The summed E-state index contributed by atoms with van der Waals surface area (Å²) in [5, 5.41) is 18.1. The minimum atomic E-state index is -0.624. The van der Waals surface area contributed by atoms with Gasteiger partial charge in [-0.3, -0.25) is 25.2 Å². The van der Waals surface area contributed by atoms with Crippen LogP contribution in [0, 0.1) is 16.6 Å². The summed E-state index contributed by atoms with van der Waals surface area (Å²) in [6.45, 7) is 0. The lowest BCUT2D eigenvalue weighted by atomic mass is 10.2. The third kappa shape index (κ3) is 4.18. The van der Waals surface area contributed by atoms with Gasteiger partial charge in [-0.15, -0.1) is 0 Å². The molecule has 0 fully saturated rings. The number of amides is 1. The van der Waals surface area contributed by atoms with Gasteiger partial charge in [-0.1, -0.05) is 0 Å². The van der Waals surface area contributed by atoms with Gasteiger partial charge in [0.15, 0.2) is 0 Å². The molecule has 0 radical (unpaired) electrons. The summed E-state index contributed by atoms with van der Waals surface area (Å²) in [5.41, 5.74) is -0.297. The van der Waals surface area contributed by atoms with Gasteiger partial charge >= 0.3 is 0 Å². The van der Waals surface area contributed by atoms with Gasteiger partial charge in [-0.25, -0.2) is 9.37 Å². The number of carbonyl (C=O) groups is 1. The first kappa shape index (κ1) is 18.7. The maximum Gasteiger partial charge on any atom is 0.260 e. The summed E-state index contributed by atoms with van der Waals surface area (Å²) >= 11 is 0. The molecule has 0 saturated carbocycles. The Hall–Kier alpha value is -4.08. The van der Waals surface area contributed by atoms with Crippen LogP contribution in [0.2, 0.25) is 0 Å². The second kappa shape index (κ2) is 8.08. The van der Waals surface area contributed by atoms with Crippen molar-refractivity contribution in [1.82, 2.24) is 14.5 Å². The molecule has 9 nitrogen and oxygen atoms in total. The molecule has 0 aliphatic carbocycles. The Balaban J connectivity index is 1.91. The second-order valence-electron chi connectivity index (χ2n) is 5.45. The Labute approximate surface area is 158 Å². The number of hydrogen-bond donors (Lipinski definition) is 3. The van der Waals surface area contributed by atoms with E-state index in [9.17, 15) is 9.18 Å². The molecule has 0 saturated heterocycles. The van der Waals surface area contributed by atoms with E-state index in [4.69, 9.17) is 20.3 Å². The average Bonchev–Trinajstić information content (AvgIpc) is 2.69. The van der Waals surface area contributed by atoms with E-state index in [1.54, 1.807) is 12.1 Å². The average molecular weight is 382 g/mol. The van der Waals surface area contributed by atoms with Crippen LogP contribution in [0.3, 0.4) is 0 Å². The molecule has 3 aromatic rings. The van der Waals surface area contributed by atoms with Gasteiger partial charge in [0.2, 0.25) is 0 Å². The molecule has 142 valence electrons. The number of nitrogens with one attached hydrogen (secondary N) is 3. The minimum Gasteiger partial charge on any atom is -0.495 e. The number of methoxy groups -OCH3 is 1. The summed E-state index contributed by atoms with van der Waals surface area (Å²) in [6, 6.07) is 5.60. The van der Waals surface area contributed by atoms with Crippen molar-refractivity contribution in [2.24, 2.45) is 0 Å². The Morgan fingerprint density at radius 2 is 2.04 bits per heavy atom. The predicted octanol–water partition coefficient (Wildman–Crippen LogP) is 2.41. The number of pyridine rings is 3. The van der Waals surface area contributed by atoms with Crippen LogP contribution in [-0.2, 0) is 0 Å². The first-order chi connectivity index (χ1) is 13.5. The van der Waals surface area contributed by atoms with Crippen LogP contribution >= 0.6 is 0 Å². The van der Waals surface area contributed by atoms with Gasteiger partial charge < -0.3 is 14.8 Å². The third-order valence-corrected chi connectivity index (χ3v) is 3.58.